The highest BCUT2D eigenvalue weighted by Crippen LogP contribution is 2.28. The molecule has 0 spiro atoms. The second kappa shape index (κ2) is 10.8. The lowest BCUT2D eigenvalue weighted by atomic mass is 10.0. The first-order valence-electron chi connectivity index (χ1n) is 11.4. The van der Waals surface area contributed by atoms with Crippen LogP contribution in [-0.2, 0) is 9.53 Å². The second-order valence-electron chi connectivity index (χ2n) is 8.34. The van der Waals surface area contributed by atoms with E-state index in [0.717, 1.165) is 22.4 Å². The maximum Gasteiger partial charge on any atom is 0.338 e. The fourth-order valence-electron chi connectivity index (χ4n) is 3.62. The van der Waals surface area contributed by atoms with E-state index in [4.69, 9.17) is 14.5 Å². The summed E-state index contributed by atoms with van der Waals surface area (Å²) < 4.78 is 10.7. The number of hydrogen-bond donors (Lipinski definition) is 1. The highest BCUT2D eigenvalue weighted by atomic mass is 16.5. The van der Waals surface area contributed by atoms with E-state index in [0.29, 0.717) is 35.3 Å². The van der Waals surface area contributed by atoms with Crippen LogP contribution in [0.25, 0.3) is 33.3 Å². The van der Waals surface area contributed by atoms with Gasteiger partial charge in [-0.05, 0) is 35.4 Å². The molecule has 0 atom stereocenters. The van der Waals surface area contributed by atoms with Crippen LogP contribution in [0.3, 0.4) is 0 Å². The molecule has 0 aliphatic rings. The van der Waals surface area contributed by atoms with Gasteiger partial charge < -0.3 is 14.8 Å². The number of fused-ring (bicyclic) bond motifs is 1. The van der Waals surface area contributed by atoms with Crippen LogP contribution in [0.5, 0.6) is 5.75 Å². The summed E-state index contributed by atoms with van der Waals surface area (Å²) in [6.45, 7) is 4.60. The first-order valence-corrected chi connectivity index (χ1v) is 11.4. The van der Waals surface area contributed by atoms with Crippen molar-refractivity contribution in [2.45, 2.75) is 13.8 Å². The Labute approximate surface area is 204 Å². The van der Waals surface area contributed by atoms with Crippen LogP contribution < -0.4 is 10.1 Å². The lowest BCUT2D eigenvalue weighted by Crippen LogP contribution is -2.31. The minimum Gasteiger partial charge on any atom is -0.492 e. The van der Waals surface area contributed by atoms with Gasteiger partial charge in [0.05, 0.1) is 30.4 Å². The molecule has 0 saturated carbocycles. The predicted octanol–water partition coefficient (Wildman–Crippen LogP) is 4.90. The summed E-state index contributed by atoms with van der Waals surface area (Å²) in [6.07, 6.45) is 3.27. The molecule has 7 heteroatoms. The Morgan fingerprint density at radius 1 is 0.943 bits per heavy atom. The molecule has 4 rings (SSSR count). The van der Waals surface area contributed by atoms with Gasteiger partial charge in [0, 0.05) is 29.3 Å². The number of carbonyl (C=O) groups is 2. The quantitative estimate of drug-likeness (QED) is 0.292. The number of aromatic nitrogens is 2. The Hall–Kier alpha value is -4.26. The van der Waals surface area contributed by atoms with Crippen LogP contribution in [0.15, 0.2) is 73.1 Å². The number of hydrogen-bond acceptors (Lipinski definition) is 6. The Bertz CT molecular complexity index is 1330. The van der Waals surface area contributed by atoms with Crippen LogP contribution in [0.4, 0.5) is 0 Å². The molecule has 0 aliphatic carbocycles. The monoisotopic (exact) mass is 469 g/mol. The minimum atomic E-state index is -0.423. The maximum absolute atomic E-state index is 12.3. The molecule has 2 heterocycles. The van der Waals surface area contributed by atoms with Crippen molar-refractivity contribution in [3.05, 3.63) is 78.6 Å². The van der Waals surface area contributed by atoms with Gasteiger partial charge in [-0.2, -0.15) is 0 Å². The summed E-state index contributed by atoms with van der Waals surface area (Å²) in [6, 6.07) is 19.3. The summed E-state index contributed by atoms with van der Waals surface area (Å²) >= 11 is 0. The van der Waals surface area contributed by atoms with Crippen molar-refractivity contribution in [2.75, 3.05) is 20.3 Å². The summed E-state index contributed by atoms with van der Waals surface area (Å²) in [5.41, 5.74) is 4.78. The van der Waals surface area contributed by atoms with Crippen molar-refractivity contribution >= 4 is 22.8 Å². The van der Waals surface area contributed by atoms with E-state index < -0.39 is 5.97 Å². The van der Waals surface area contributed by atoms with E-state index >= 15 is 0 Å². The number of pyridine rings is 2. The predicted molar refractivity (Wildman–Crippen MR) is 135 cm³/mol. The molecule has 2 aromatic heterocycles. The molecule has 7 nitrogen and oxygen atoms in total. The minimum absolute atomic E-state index is 0.0183. The molecule has 178 valence electrons. The smallest absolute Gasteiger partial charge is 0.338 e. The van der Waals surface area contributed by atoms with Crippen molar-refractivity contribution in [3.8, 4) is 28.1 Å². The number of amides is 1. The third-order valence-corrected chi connectivity index (χ3v) is 5.58. The average molecular weight is 470 g/mol. The molecule has 0 bridgehead atoms. The third-order valence-electron chi connectivity index (χ3n) is 5.58. The number of rotatable bonds is 8. The van der Waals surface area contributed by atoms with Gasteiger partial charge in [0.15, 0.2) is 0 Å². The number of carbonyl (C=O) groups excluding carboxylic acids is 2. The van der Waals surface area contributed by atoms with E-state index in [2.05, 4.69) is 10.3 Å². The number of methoxy groups -OCH3 is 1. The number of esters is 1. The van der Waals surface area contributed by atoms with Crippen molar-refractivity contribution in [1.29, 1.82) is 0 Å². The fourth-order valence-corrected chi connectivity index (χ4v) is 3.62. The zero-order valence-corrected chi connectivity index (χ0v) is 19.9. The van der Waals surface area contributed by atoms with Crippen molar-refractivity contribution in [1.82, 2.24) is 15.3 Å². The van der Waals surface area contributed by atoms with Gasteiger partial charge in [-0.3, -0.25) is 9.78 Å². The van der Waals surface area contributed by atoms with Gasteiger partial charge in [-0.1, -0.05) is 50.2 Å². The van der Waals surface area contributed by atoms with E-state index in [9.17, 15) is 9.59 Å². The molecule has 0 unspecified atom stereocenters. The largest absolute Gasteiger partial charge is 0.492 e. The summed E-state index contributed by atoms with van der Waals surface area (Å²) in [7, 11) is 1.36. The van der Waals surface area contributed by atoms with Crippen LogP contribution in [0.1, 0.15) is 24.2 Å². The first-order chi connectivity index (χ1) is 17.0. The van der Waals surface area contributed by atoms with Crippen LogP contribution in [-0.4, -0.2) is 42.1 Å². The molecule has 1 N–H and O–H groups in total. The van der Waals surface area contributed by atoms with Crippen LogP contribution in [0, 0.1) is 5.92 Å². The summed E-state index contributed by atoms with van der Waals surface area (Å²) in [4.78, 5) is 32.7. The van der Waals surface area contributed by atoms with E-state index in [1.54, 1.807) is 24.5 Å². The fraction of sp³-hybridized carbons (Fsp3) is 0.214. The normalized spacial score (nSPS) is 10.9. The Balaban J connectivity index is 1.47. The number of benzene rings is 2. The lowest BCUT2D eigenvalue weighted by molar-refractivity contribution is -0.124. The Morgan fingerprint density at radius 2 is 1.60 bits per heavy atom. The number of ether oxygens (including phenoxy) is 2. The van der Waals surface area contributed by atoms with Gasteiger partial charge in [0.2, 0.25) is 5.91 Å². The molecular formula is C28H27N3O4. The zero-order valence-electron chi connectivity index (χ0n) is 19.9. The van der Waals surface area contributed by atoms with Crippen molar-refractivity contribution in [3.63, 3.8) is 0 Å². The lowest BCUT2D eigenvalue weighted by Gasteiger charge is -2.10. The summed E-state index contributed by atoms with van der Waals surface area (Å²) in [5.74, 6) is 0.303. The molecule has 0 aliphatic heterocycles. The van der Waals surface area contributed by atoms with E-state index in [-0.39, 0.29) is 11.8 Å². The third kappa shape index (κ3) is 5.63. The molecule has 0 radical (unpaired) electrons. The molecule has 0 saturated heterocycles. The topological polar surface area (TPSA) is 90.4 Å². The molecule has 1 amide bonds. The standard InChI is InChI=1S/C28H27N3O4/c1-18(2)27(32)30-14-15-35-22-10-8-20(9-11-22)19-4-6-21(7-5-19)26-16-23(28(33)34-3)24-17-29-13-12-25(24)31-26/h4-13,16-18H,14-15H2,1-3H3,(H,30,32). The number of nitrogens with zero attached hydrogens (tertiary/aromatic N) is 2. The highest BCUT2D eigenvalue weighted by Gasteiger charge is 2.14. The maximum atomic E-state index is 12.3. The van der Waals surface area contributed by atoms with Crippen LogP contribution >= 0.6 is 0 Å². The van der Waals surface area contributed by atoms with Crippen LogP contribution in [0.2, 0.25) is 0 Å². The van der Waals surface area contributed by atoms with Gasteiger partial charge in [0.1, 0.15) is 12.4 Å². The summed E-state index contributed by atoms with van der Waals surface area (Å²) in [5, 5.41) is 3.49. The molecular weight excluding hydrogens is 442 g/mol. The second-order valence-corrected chi connectivity index (χ2v) is 8.34. The van der Waals surface area contributed by atoms with Gasteiger partial charge in [-0.25, -0.2) is 9.78 Å². The van der Waals surface area contributed by atoms with E-state index in [1.807, 2.05) is 62.4 Å². The van der Waals surface area contributed by atoms with Gasteiger partial charge in [-0.15, -0.1) is 0 Å². The van der Waals surface area contributed by atoms with Gasteiger partial charge >= 0.3 is 5.97 Å². The first kappa shape index (κ1) is 23.9. The molecule has 35 heavy (non-hydrogen) atoms. The molecule has 0 fully saturated rings. The molecule has 2 aromatic carbocycles. The molecule has 4 aromatic rings. The number of nitrogens with one attached hydrogen (secondary N) is 1. The average Bonchev–Trinajstić information content (AvgIpc) is 2.90. The SMILES string of the molecule is COC(=O)c1cc(-c2ccc(-c3ccc(OCCNC(=O)C(C)C)cc3)cc2)nc2ccncc12. The van der Waals surface area contributed by atoms with E-state index in [1.165, 1.54) is 7.11 Å². The van der Waals surface area contributed by atoms with Crippen molar-refractivity contribution in [2.24, 2.45) is 5.92 Å². The zero-order chi connectivity index (χ0) is 24.8. The van der Waals surface area contributed by atoms with Gasteiger partial charge in [0.25, 0.3) is 0 Å². The highest BCUT2D eigenvalue weighted by molar-refractivity contribution is 6.04. The Kier molecular flexibility index (Phi) is 7.35. The Morgan fingerprint density at radius 3 is 2.26 bits per heavy atom. The van der Waals surface area contributed by atoms with Crippen molar-refractivity contribution < 1.29 is 19.1 Å².